The highest BCUT2D eigenvalue weighted by molar-refractivity contribution is 8.01. The molecule has 0 saturated heterocycles. The van der Waals surface area contributed by atoms with Crippen molar-refractivity contribution in [2.45, 2.75) is 67.7 Å². The molecule has 0 amide bonds. The van der Waals surface area contributed by atoms with Crippen LogP contribution in [-0.2, 0) is 9.53 Å². The lowest BCUT2D eigenvalue weighted by molar-refractivity contribution is -0.387. The van der Waals surface area contributed by atoms with Crippen molar-refractivity contribution in [3.63, 3.8) is 0 Å². The van der Waals surface area contributed by atoms with E-state index in [1.807, 2.05) is 12.3 Å². The summed E-state index contributed by atoms with van der Waals surface area (Å²) in [5.74, 6) is 1.19. The highest BCUT2D eigenvalue weighted by Crippen LogP contribution is 2.60. The maximum atomic E-state index is 13.4. The molecule has 2 aromatic rings. The molecule has 0 unspecified atom stereocenters. The SMILES string of the molecule is Cc1csc(Sc2ccc(C(=O)O[C@H](C)C(=O)C34CC5CC(CC(C5)C3)C4)cc2[N+](=O)[O-])n1. The number of carbonyl (C=O) groups excluding carboxylic acids is 2. The Morgan fingerprint density at radius 3 is 2.39 bits per heavy atom. The highest BCUT2D eigenvalue weighted by Gasteiger charge is 2.55. The van der Waals surface area contributed by atoms with Gasteiger partial charge in [-0.2, -0.15) is 0 Å². The average molecular weight is 487 g/mol. The molecule has 1 aromatic carbocycles. The second-order valence-electron chi connectivity index (χ2n) is 9.91. The maximum absolute atomic E-state index is 13.4. The summed E-state index contributed by atoms with van der Waals surface area (Å²) in [5.41, 5.74) is 0.393. The summed E-state index contributed by atoms with van der Waals surface area (Å²) in [6.45, 7) is 3.50. The summed E-state index contributed by atoms with van der Waals surface area (Å²) < 4.78 is 6.25. The quantitative estimate of drug-likeness (QED) is 0.275. The number of carbonyl (C=O) groups is 2. The van der Waals surface area contributed by atoms with Crippen molar-refractivity contribution >= 4 is 40.5 Å². The summed E-state index contributed by atoms with van der Waals surface area (Å²) in [7, 11) is 0. The van der Waals surface area contributed by atoms with Crippen molar-refractivity contribution in [2.75, 3.05) is 0 Å². The average Bonchev–Trinajstić information content (AvgIpc) is 3.16. The van der Waals surface area contributed by atoms with E-state index in [9.17, 15) is 19.7 Å². The molecule has 9 heteroatoms. The fraction of sp³-hybridized carbons (Fsp3) is 0.542. The molecular weight excluding hydrogens is 460 g/mol. The lowest BCUT2D eigenvalue weighted by atomic mass is 9.48. The number of nitro groups is 1. The Bertz CT molecular complexity index is 1090. The second-order valence-corrected chi connectivity index (χ2v) is 12.1. The first-order valence-corrected chi connectivity index (χ1v) is 13.1. The van der Waals surface area contributed by atoms with Gasteiger partial charge < -0.3 is 4.74 Å². The van der Waals surface area contributed by atoms with Crippen LogP contribution in [0.5, 0.6) is 0 Å². The standard InChI is InChI=1S/C24H26N2O5S2/c1-13-12-32-23(25-13)33-20-4-3-18(8-19(20)26(29)30)22(28)31-14(2)21(27)24-9-15-5-16(10-24)7-17(6-15)11-24/h3-4,8,12,14-17H,5-7,9-11H2,1-2H3/t14-,15?,16?,17?,24?/m1/s1. The van der Waals surface area contributed by atoms with E-state index in [4.69, 9.17) is 4.74 Å². The van der Waals surface area contributed by atoms with E-state index in [1.165, 1.54) is 54.5 Å². The van der Waals surface area contributed by atoms with Gasteiger partial charge in [0.05, 0.1) is 15.4 Å². The molecule has 4 fully saturated rings. The molecule has 7 nitrogen and oxygen atoms in total. The van der Waals surface area contributed by atoms with Gasteiger partial charge in [-0.05, 0) is 82.3 Å². The molecule has 0 radical (unpaired) electrons. The molecule has 0 N–H and O–H groups in total. The van der Waals surface area contributed by atoms with Crippen LogP contribution in [0, 0.1) is 40.2 Å². The number of rotatable bonds is 7. The van der Waals surface area contributed by atoms with Crippen molar-refractivity contribution in [3.8, 4) is 0 Å². The van der Waals surface area contributed by atoms with Crippen LogP contribution < -0.4 is 0 Å². The number of nitro benzene ring substituents is 1. The van der Waals surface area contributed by atoms with Gasteiger partial charge in [0.1, 0.15) is 0 Å². The predicted octanol–water partition coefficient (Wildman–Crippen LogP) is 5.84. The van der Waals surface area contributed by atoms with Gasteiger partial charge in [-0.25, -0.2) is 9.78 Å². The number of nitrogens with zero attached hydrogens (tertiary/aromatic N) is 2. The Hall–Kier alpha value is -2.26. The Morgan fingerprint density at radius 2 is 1.85 bits per heavy atom. The topological polar surface area (TPSA) is 99.4 Å². The number of thiazole rings is 1. The minimum Gasteiger partial charge on any atom is -0.451 e. The molecule has 4 aliphatic rings. The maximum Gasteiger partial charge on any atom is 0.339 e. The number of hydrogen-bond acceptors (Lipinski definition) is 8. The molecule has 4 bridgehead atoms. The number of benzene rings is 1. The van der Waals surface area contributed by atoms with Gasteiger partial charge in [0.15, 0.2) is 16.2 Å². The lowest BCUT2D eigenvalue weighted by Crippen LogP contribution is -2.52. The Morgan fingerprint density at radius 1 is 1.21 bits per heavy atom. The van der Waals surface area contributed by atoms with Crippen molar-refractivity contribution in [3.05, 3.63) is 45.0 Å². The van der Waals surface area contributed by atoms with Gasteiger partial charge in [0.2, 0.25) is 0 Å². The first-order chi connectivity index (χ1) is 15.7. The zero-order valence-electron chi connectivity index (χ0n) is 18.6. The predicted molar refractivity (Wildman–Crippen MR) is 125 cm³/mol. The van der Waals surface area contributed by atoms with E-state index in [2.05, 4.69) is 4.98 Å². The zero-order chi connectivity index (χ0) is 23.3. The third kappa shape index (κ3) is 4.33. The molecule has 4 aliphatic carbocycles. The van der Waals surface area contributed by atoms with Crippen molar-refractivity contribution in [1.29, 1.82) is 0 Å². The van der Waals surface area contributed by atoms with Gasteiger partial charge in [0.25, 0.3) is 5.69 Å². The van der Waals surface area contributed by atoms with E-state index in [1.54, 1.807) is 13.0 Å². The monoisotopic (exact) mass is 486 g/mol. The van der Waals surface area contributed by atoms with Gasteiger partial charge >= 0.3 is 5.97 Å². The van der Waals surface area contributed by atoms with E-state index >= 15 is 0 Å². The van der Waals surface area contributed by atoms with E-state index in [-0.39, 0.29) is 22.4 Å². The fourth-order valence-electron chi connectivity index (χ4n) is 6.47. The van der Waals surface area contributed by atoms with Gasteiger partial charge in [-0.15, -0.1) is 11.3 Å². The van der Waals surface area contributed by atoms with Crippen LogP contribution >= 0.6 is 23.1 Å². The molecule has 0 spiro atoms. The summed E-state index contributed by atoms with van der Waals surface area (Å²) in [6, 6.07) is 4.29. The normalized spacial score (nSPS) is 28.5. The molecule has 6 rings (SSSR count). The van der Waals surface area contributed by atoms with Crippen LogP contribution in [0.2, 0.25) is 0 Å². The van der Waals surface area contributed by atoms with Gasteiger partial charge in [-0.1, -0.05) is 11.8 Å². The highest BCUT2D eigenvalue weighted by atomic mass is 32.2. The first-order valence-electron chi connectivity index (χ1n) is 11.4. The third-order valence-electron chi connectivity index (χ3n) is 7.40. The summed E-state index contributed by atoms with van der Waals surface area (Å²) in [5, 5.41) is 13.5. The van der Waals surface area contributed by atoms with E-state index < -0.39 is 17.0 Å². The van der Waals surface area contributed by atoms with Crippen LogP contribution in [0.3, 0.4) is 0 Å². The summed E-state index contributed by atoms with van der Waals surface area (Å²) in [4.78, 5) is 42.1. The number of ketones is 1. The zero-order valence-corrected chi connectivity index (χ0v) is 20.2. The number of aryl methyl sites for hydroxylation is 1. The molecule has 1 heterocycles. The Kier molecular flexibility index (Phi) is 5.81. The largest absolute Gasteiger partial charge is 0.451 e. The molecule has 174 valence electrons. The summed E-state index contributed by atoms with van der Waals surface area (Å²) in [6.07, 6.45) is 5.56. The molecule has 4 saturated carbocycles. The molecule has 0 aliphatic heterocycles. The molecular formula is C24H26N2O5S2. The Balaban J connectivity index is 1.30. The minimum atomic E-state index is -0.861. The fourth-order valence-corrected chi connectivity index (χ4v) is 8.35. The van der Waals surface area contributed by atoms with Crippen LogP contribution in [0.15, 0.2) is 32.8 Å². The number of esters is 1. The van der Waals surface area contributed by atoms with E-state index in [0.717, 1.165) is 25.0 Å². The van der Waals surface area contributed by atoms with Crippen LogP contribution in [0.4, 0.5) is 5.69 Å². The number of ether oxygens (including phenoxy) is 1. The van der Waals surface area contributed by atoms with Crippen molar-refractivity contribution in [2.24, 2.45) is 23.2 Å². The number of aromatic nitrogens is 1. The molecule has 1 aromatic heterocycles. The number of Topliss-reactive ketones (excluding diaryl/α,β-unsaturated/α-hetero) is 1. The van der Waals surface area contributed by atoms with Crippen LogP contribution in [-0.4, -0.2) is 27.8 Å². The lowest BCUT2D eigenvalue weighted by Gasteiger charge is -2.56. The third-order valence-corrected chi connectivity index (χ3v) is 9.52. The first kappa shape index (κ1) is 22.5. The molecule has 33 heavy (non-hydrogen) atoms. The minimum absolute atomic E-state index is 0.0239. The Labute approximate surface area is 200 Å². The van der Waals surface area contributed by atoms with Gasteiger partial charge in [-0.3, -0.25) is 14.9 Å². The smallest absolute Gasteiger partial charge is 0.339 e. The van der Waals surface area contributed by atoms with Gasteiger partial charge in [0, 0.05) is 22.6 Å². The van der Waals surface area contributed by atoms with Crippen molar-refractivity contribution in [1.82, 2.24) is 4.98 Å². The summed E-state index contributed by atoms with van der Waals surface area (Å²) >= 11 is 2.60. The van der Waals surface area contributed by atoms with E-state index in [0.29, 0.717) is 27.0 Å². The number of hydrogen-bond donors (Lipinski definition) is 0. The van der Waals surface area contributed by atoms with Crippen molar-refractivity contribution < 1.29 is 19.2 Å². The van der Waals surface area contributed by atoms with Crippen LogP contribution in [0.25, 0.3) is 0 Å². The van der Waals surface area contributed by atoms with Crippen LogP contribution in [0.1, 0.15) is 61.5 Å². The second kappa shape index (κ2) is 8.51. The molecule has 1 atom stereocenters.